The Balaban J connectivity index is 2.24. The van der Waals surface area contributed by atoms with Crippen LogP contribution >= 0.6 is 0 Å². The standard InChI is InChI=1S/C17H17FN2O4/c1-11-3-8-15(16(9-11)20(22)23)19-10-14(17(21)24-2)12-4-6-13(18)7-5-12/h3-9,14,19H,10H2,1-2H3. The lowest BCUT2D eigenvalue weighted by atomic mass is 9.99. The molecule has 126 valence electrons. The Morgan fingerprint density at radius 2 is 1.96 bits per heavy atom. The van der Waals surface area contributed by atoms with Gasteiger partial charge in [-0.15, -0.1) is 0 Å². The molecule has 2 aromatic rings. The maximum atomic E-state index is 13.1. The summed E-state index contributed by atoms with van der Waals surface area (Å²) in [6.45, 7) is 1.84. The molecule has 0 radical (unpaired) electrons. The number of esters is 1. The van der Waals surface area contributed by atoms with Crippen LogP contribution in [0.1, 0.15) is 17.0 Å². The third kappa shape index (κ3) is 4.07. The Morgan fingerprint density at radius 1 is 1.29 bits per heavy atom. The number of halogens is 1. The molecule has 2 aromatic carbocycles. The molecule has 0 spiro atoms. The van der Waals surface area contributed by atoms with Crippen LogP contribution in [0.3, 0.4) is 0 Å². The third-order valence-corrected chi connectivity index (χ3v) is 3.60. The quantitative estimate of drug-likeness (QED) is 0.498. The van der Waals surface area contributed by atoms with E-state index < -0.39 is 22.6 Å². The van der Waals surface area contributed by atoms with Gasteiger partial charge in [-0.2, -0.15) is 0 Å². The van der Waals surface area contributed by atoms with Crippen LogP contribution in [-0.4, -0.2) is 24.5 Å². The minimum Gasteiger partial charge on any atom is -0.468 e. The first-order chi connectivity index (χ1) is 11.4. The molecule has 0 aliphatic heterocycles. The average molecular weight is 332 g/mol. The van der Waals surface area contributed by atoms with Gasteiger partial charge in [0.25, 0.3) is 5.69 Å². The van der Waals surface area contributed by atoms with E-state index in [4.69, 9.17) is 4.74 Å². The molecule has 6 nitrogen and oxygen atoms in total. The number of nitro groups is 1. The first kappa shape index (κ1) is 17.4. The van der Waals surface area contributed by atoms with Crippen LogP contribution in [0, 0.1) is 22.9 Å². The summed E-state index contributed by atoms with van der Waals surface area (Å²) >= 11 is 0. The highest BCUT2D eigenvalue weighted by Crippen LogP contribution is 2.27. The van der Waals surface area contributed by atoms with Gasteiger partial charge in [-0.1, -0.05) is 18.2 Å². The maximum Gasteiger partial charge on any atom is 0.314 e. The molecule has 0 aliphatic rings. The lowest BCUT2D eigenvalue weighted by Crippen LogP contribution is -2.23. The number of aryl methyl sites for hydroxylation is 1. The van der Waals surface area contributed by atoms with Crippen LogP contribution in [0.25, 0.3) is 0 Å². The molecule has 0 bridgehead atoms. The molecular formula is C17H17FN2O4. The first-order valence-corrected chi connectivity index (χ1v) is 7.24. The van der Waals surface area contributed by atoms with Crippen molar-refractivity contribution in [3.05, 3.63) is 69.5 Å². The number of hydrogen-bond donors (Lipinski definition) is 1. The second kappa shape index (κ2) is 7.54. The topological polar surface area (TPSA) is 81.5 Å². The highest BCUT2D eigenvalue weighted by molar-refractivity contribution is 5.79. The second-order valence-electron chi connectivity index (χ2n) is 5.29. The van der Waals surface area contributed by atoms with E-state index >= 15 is 0 Å². The van der Waals surface area contributed by atoms with Crippen molar-refractivity contribution in [2.24, 2.45) is 0 Å². The van der Waals surface area contributed by atoms with Crippen LogP contribution in [-0.2, 0) is 9.53 Å². The Morgan fingerprint density at radius 3 is 2.54 bits per heavy atom. The summed E-state index contributed by atoms with van der Waals surface area (Å²) in [6, 6.07) is 10.3. The molecular weight excluding hydrogens is 315 g/mol. The van der Waals surface area contributed by atoms with E-state index in [0.29, 0.717) is 11.3 Å². The second-order valence-corrected chi connectivity index (χ2v) is 5.29. The molecule has 0 saturated heterocycles. The smallest absolute Gasteiger partial charge is 0.314 e. The molecule has 0 amide bonds. The SMILES string of the molecule is COC(=O)C(CNc1ccc(C)cc1[N+](=O)[O-])c1ccc(F)cc1. The van der Waals surface area contributed by atoms with Crippen molar-refractivity contribution in [2.75, 3.05) is 19.0 Å². The van der Waals surface area contributed by atoms with Gasteiger partial charge in [-0.3, -0.25) is 14.9 Å². The predicted molar refractivity (Wildman–Crippen MR) is 87.5 cm³/mol. The number of methoxy groups -OCH3 is 1. The van der Waals surface area contributed by atoms with Crippen LogP contribution in [0.5, 0.6) is 0 Å². The normalized spacial score (nSPS) is 11.6. The molecule has 1 N–H and O–H groups in total. The van der Waals surface area contributed by atoms with Crippen LogP contribution < -0.4 is 5.32 Å². The molecule has 1 unspecified atom stereocenters. The van der Waals surface area contributed by atoms with Gasteiger partial charge in [0.1, 0.15) is 11.5 Å². The van der Waals surface area contributed by atoms with E-state index in [1.54, 1.807) is 19.1 Å². The van der Waals surface area contributed by atoms with Gasteiger partial charge in [-0.05, 0) is 36.2 Å². The summed E-state index contributed by atoms with van der Waals surface area (Å²) < 4.78 is 17.8. The summed E-state index contributed by atoms with van der Waals surface area (Å²) in [4.78, 5) is 22.7. The Bertz CT molecular complexity index is 747. The zero-order valence-corrected chi connectivity index (χ0v) is 13.3. The fraction of sp³-hybridized carbons (Fsp3) is 0.235. The summed E-state index contributed by atoms with van der Waals surface area (Å²) in [5.74, 6) is -1.63. The van der Waals surface area contributed by atoms with Gasteiger partial charge in [-0.25, -0.2) is 4.39 Å². The van der Waals surface area contributed by atoms with Crippen LogP contribution in [0.2, 0.25) is 0 Å². The number of anilines is 1. The number of hydrogen-bond acceptors (Lipinski definition) is 5. The van der Waals surface area contributed by atoms with Gasteiger partial charge < -0.3 is 10.1 Å². The molecule has 2 rings (SSSR count). The number of nitrogens with zero attached hydrogens (tertiary/aromatic N) is 1. The fourth-order valence-electron chi connectivity index (χ4n) is 2.33. The van der Waals surface area contributed by atoms with Crippen LogP contribution in [0.15, 0.2) is 42.5 Å². The molecule has 24 heavy (non-hydrogen) atoms. The number of ether oxygens (including phenoxy) is 1. The zero-order valence-electron chi connectivity index (χ0n) is 13.3. The van der Waals surface area contributed by atoms with E-state index in [-0.39, 0.29) is 12.2 Å². The highest BCUT2D eigenvalue weighted by atomic mass is 19.1. The van der Waals surface area contributed by atoms with Crippen molar-refractivity contribution in [2.45, 2.75) is 12.8 Å². The van der Waals surface area contributed by atoms with Crippen molar-refractivity contribution in [3.63, 3.8) is 0 Å². The monoisotopic (exact) mass is 332 g/mol. The summed E-state index contributed by atoms with van der Waals surface area (Å²) in [6.07, 6.45) is 0. The van der Waals surface area contributed by atoms with Crippen molar-refractivity contribution in [1.82, 2.24) is 0 Å². The molecule has 0 heterocycles. The molecule has 0 saturated carbocycles. The molecule has 7 heteroatoms. The average Bonchev–Trinajstić information content (AvgIpc) is 2.57. The predicted octanol–water partition coefficient (Wildman–Crippen LogP) is 3.41. The maximum absolute atomic E-state index is 13.1. The number of nitrogens with one attached hydrogen (secondary N) is 1. The Hall–Kier alpha value is -2.96. The summed E-state index contributed by atoms with van der Waals surface area (Å²) in [7, 11) is 1.26. The van der Waals surface area contributed by atoms with E-state index in [1.807, 2.05) is 0 Å². The van der Waals surface area contributed by atoms with Crippen molar-refractivity contribution >= 4 is 17.3 Å². The first-order valence-electron chi connectivity index (χ1n) is 7.24. The molecule has 0 aliphatic carbocycles. The molecule has 0 fully saturated rings. The minimum atomic E-state index is -0.712. The zero-order chi connectivity index (χ0) is 17.7. The van der Waals surface area contributed by atoms with E-state index in [9.17, 15) is 19.3 Å². The van der Waals surface area contributed by atoms with Gasteiger partial charge in [0.15, 0.2) is 0 Å². The van der Waals surface area contributed by atoms with Crippen LogP contribution in [0.4, 0.5) is 15.8 Å². The van der Waals surface area contributed by atoms with E-state index in [2.05, 4.69) is 5.32 Å². The lowest BCUT2D eigenvalue weighted by Gasteiger charge is -2.17. The van der Waals surface area contributed by atoms with Gasteiger partial charge >= 0.3 is 5.97 Å². The largest absolute Gasteiger partial charge is 0.468 e. The van der Waals surface area contributed by atoms with Gasteiger partial charge in [0, 0.05) is 12.6 Å². The minimum absolute atomic E-state index is 0.0716. The lowest BCUT2D eigenvalue weighted by molar-refractivity contribution is -0.384. The third-order valence-electron chi connectivity index (χ3n) is 3.60. The van der Waals surface area contributed by atoms with Crippen molar-refractivity contribution < 1.29 is 18.8 Å². The number of nitro benzene ring substituents is 1. The number of carbonyl (C=O) groups is 1. The van der Waals surface area contributed by atoms with Gasteiger partial charge in [0.2, 0.25) is 0 Å². The van der Waals surface area contributed by atoms with E-state index in [0.717, 1.165) is 5.56 Å². The van der Waals surface area contributed by atoms with Crippen molar-refractivity contribution in [1.29, 1.82) is 0 Å². The molecule has 1 atom stereocenters. The molecule has 0 aromatic heterocycles. The van der Waals surface area contributed by atoms with Gasteiger partial charge in [0.05, 0.1) is 18.0 Å². The Kier molecular flexibility index (Phi) is 5.47. The summed E-state index contributed by atoms with van der Waals surface area (Å²) in [5.41, 5.74) is 1.56. The van der Waals surface area contributed by atoms with Crippen molar-refractivity contribution in [3.8, 4) is 0 Å². The van der Waals surface area contributed by atoms with E-state index in [1.165, 1.54) is 37.4 Å². The fourth-order valence-corrected chi connectivity index (χ4v) is 2.33. The summed E-state index contributed by atoms with van der Waals surface area (Å²) in [5, 5.41) is 14.1. The number of benzene rings is 2. The Labute approximate surface area is 138 Å². The number of rotatable bonds is 6. The highest BCUT2D eigenvalue weighted by Gasteiger charge is 2.23. The number of carbonyl (C=O) groups excluding carboxylic acids is 1.